The summed E-state index contributed by atoms with van der Waals surface area (Å²) < 4.78 is 5.13. The minimum atomic E-state index is -0.962. The normalized spacial score (nSPS) is 11.6. The number of rotatable bonds is 7. The van der Waals surface area contributed by atoms with Crippen LogP contribution >= 0.6 is 0 Å². The van der Waals surface area contributed by atoms with Crippen molar-refractivity contribution in [1.82, 2.24) is 5.32 Å². The predicted octanol–water partition coefficient (Wildman–Crippen LogP) is 3.20. The number of carbonyl (C=O) groups excluding carboxylic acids is 1. The topological polar surface area (TPSA) is 75.6 Å². The molecule has 0 spiro atoms. The quantitative estimate of drug-likeness (QED) is 0.819. The second kappa shape index (κ2) is 8.15. The van der Waals surface area contributed by atoms with Crippen molar-refractivity contribution in [2.75, 3.05) is 7.11 Å². The second-order valence-corrected chi connectivity index (χ2v) is 5.45. The van der Waals surface area contributed by atoms with E-state index in [0.29, 0.717) is 13.0 Å². The van der Waals surface area contributed by atoms with E-state index in [4.69, 9.17) is 9.84 Å². The Hall–Kier alpha value is -2.82. The number of hydrogen-bond acceptors (Lipinski definition) is 3. The number of methoxy groups -OCH3 is 1. The maximum atomic E-state index is 12.4. The fourth-order valence-electron chi connectivity index (χ4n) is 2.49. The number of carboxylic acid groups (broad SMARTS) is 1. The van der Waals surface area contributed by atoms with Crippen LogP contribution in [0.4, 0.5) is 0 Å². The van der Waals surface area contributed by atoms with Crippen LogP contribution in [0.25, 0.3) is 0 Å². The molecule has 0 aliphatic carbocycles. The average Bonchev–Trinajstić information content (AvgIpc) is 2.61. The van der Waals surface area contributed by atoms with E-state index in [2.05, 4.69) is 5.32 Å². The lowest BCUT2D eigenvalue weighted by atomic mass is 9.95. The minimum Gasteiger partial charge on any atom is -0.497 e. The third-order valence-electron chi connectivity index (χ3n) is 3.91. The first kappa shape index (κ1) is 17.5. The Morgan fingerprint density at radius 3 is 2.21 bits per heavy atom. The van der Waals surface area contributed by atoms with Gasteiger partial charge in [-0.1, -0.05) is 31.2 Å². The molecule has 2 rings (SSSR count). The van der Waals surface area contributed by atoms with Gasteiger partial charge in [-0.15, -0.1) is 0 Å². The highest BCUT2D eigenvalue weighted by Gasteiger charge is 2.18. The van der Waals surface area contributed by atoms with Gasteiger partial charge < -0.3 is 15.2 Å². The molecular formula is C19H21NO4. The van der Waals surface area contributed by atoms with Crippen molar-refractivity contribution in [1.29, 1.82) is 0 Å². The Labute approximate surface area is 141 Å². The van der Waals surface area contributed by atoms with E-state index in [1.807, 2.05) is 31.2 Å². The summed E-state index contributed by atoms with van der Waals surface area (Å²) >= 11 is 0. The fraction of sp³-hybridized carbons (Fsp3) is 0.263. The third-order valence-corrected chi connectivity index (χ3v) is 3.91. The summed E-state index contributed by atoms with van der Waals surface area (Å²) in [6.07, 6.45) is 0.691. The van der Waals surface area contributed by atoms with E-state index >= 15 is 0 Å². The smallest absolute Gasteiger partial charge is 0.335 e. The van der Waals surface area contributed by atoms with Crippen molar-refractivity contribution < 1.29 is 19.4 Å². The van der Waals surface area contributed by atoms with Gasteiger partial charge in [0.2, 0.25) is 5.91 Å². The first-order chi connectivity index (χ1) is 11.5. The van der Waals surface area contributed by atoms with Gasteiger partial charge in [-0.05, 0) is 41.8 Å². The zero-order valence-corrected chi connectivity index (χ0v) is 13.8. The highest BCUT2D eigenvalue weighted by Crippen LogP contribution is 2.22. The average molecular weight is 327 g/mol. The van der Waals surface area contributed by atoms with Gasteiger partial charge >= 0.3 is 5.97 Å². The van der Waals surface area contributed by atoms with Crippen LogP contribution in [0.2, 0.25) is 0 Å². The van der Waals surface area contributed by atoms with E-state index in [0.717, 1.165) is 16.9 Å². The summed E-state index contributed by atoms with van der Waals surface area (Å²) in [5.74, 6) is -0.483. The van der Waals surface area contributed by atoms with Gasteiger partial charge in [-0.25, -0.2) is 4.79 Å². The molecule has 5 nitrogen and oxygen atoms in total. The number of benzene rings is 2. The van der Waals surface area contributed by atoms with Crippen LogP contribution in [0.3, 0.4) is 0 Å². The van der Waals surface area contributed by atoms with E-state index in [-0.39, 0.29) is 17.4 Å². The number of carboxylic acids is 1. The molecule has 0 heterocycles. The van der Waals surface area contributed by atoms with Gasteiger partial charge in [0.1, 0.15) is 5.75 Å². The van der Waals surface area contributed by atoms with Crippen LogP contribution in [0.1, 0.15) is 40.7 Å². The molecule has 1 atom stereocenters. The van der Waals surface area contributed by atoms with Crippen LogP contribution in [0.15, 0.2) is 48.5 Å². The highest BCUT2D eigenvalue weighted by molar-refractivity contribution is 5.87. The van der Waals surface area contributed by atoms with Gasteiger partial charge in [-0.3, -0.25) is 4.79 Å². The fourth-order valence-corrected chi connectivity index (χ4v) is 2.49. The molecular weight excluding hydrogens is 306 g/mol. The van der Waals surface area contributed by atoms with Crippen LogP contribution in [0, 0.1) is 0 Å². The van der Waals surface area contributed by atoms with Crippen molar-refractivity contribution in [3.63, 3.8) is 0 Å². The maximum absolute atomic E-state index is 12.4. The predicted molar refractivity (Wildman–Crippen MR) is 91.3 cm³/mol. The summed E-state index contributed by atoms with van der Waals surface area (Å²) in [5.41, 5.74) is 2.03. The number of amides is 1. The summed E-state index contributed by atoms with van der Waals surface area (Å²) in [6, 6.07) is 14.0. The van der Waals surface area contributed by atoms with Gasteiger partial charge in [0, 0.05) is 6.54 Å². The zero-order valence-electron chi connectivity index (χ0n) is 13.8. The lowest BCUT2D eigenvalue weighted by molar-refractivity contribution is -0.122. The van der Waals surface area contributed by atoms with E-state index in [1.54, 1.807) is 19.2 Å². The first-order valence-corrected chi connectivity index (χ1v) is 7.79. The largest absolute Gasteiger partial charge is 0.497 e. The molecule has 0 bridgehead atoms. The van der Waals surface area contributed by atoms with Gasteiger partial charge in [0.15, 0.2) is 0 Å². The molecule has 0 saturated carbocycles. The van der Waals surface area contributed by atoms with Crippen molar-refractivity contribution >= 4 is 11.9 Å². The molecule has 0 aliphatic heterocycles. The molecule has 0 radical (unpaired) electrons. The van der Waals surface area contributed by atoms with Crippen molar-refractivity contribution in [2.24, 2.45) is 0 Å². The summed E-state index contributed by atoms with van der Waals surface area (Å²) in [6.45, 7) is 2.33. The Morgan fingerprint density at radius 1 is 1.08 bits per heavy atom. The highest BCUT2D eigenvalue weighted by atomic mass is 16.5. The molecule has 0 fully saturated rings. The number of ether oxygens (including phenoxy) is 1. The van der Waals surface area contributed by atoms with Gasteiger partial charge in [-0.2, -0.15) is 0 Å². The van der Waals surface area contributed by atoms with Crippen LogP contribution in [0.5, 0.6) is 5.75 Å². The summed E-state index contributed by atoms with van der Waals surface area (Å²) in [5, 5.41) is 11.8. The molecule has 1 unspecified atom stereocenters. The van der Waals surface area contributed by atoms with Crippen LogP contribution in [-0.4, -0.2) is 24.1 Å². The summed E-state index contributed by atoms with van der Waals surface area (Å²) in [7, 11) is 1.61. The standard InChI is InChI=1S/C19H21NO4/c1-3-17(14-8-10-16(24-2)11-9-14)18(21)20-12-13-4-6-15(7-5-13)19(22)23/h4-11,17H,3,12H2,1-2H3,(H,20,21)(H,22,23). The molecule has 2 aromatic rings. The Balaban J connectivity index is 1.99. The van der Waals surface area contributed by atoms with Crippen LogP contribution in [-0.2, 0) is 11.3 Å². The second-order valence-electron chi connectivity index (χ2n) is 5.45. The molecule has 0 aliphatic rings. The molecule has 126 valence electrons. The minimum absolute atomic E-state index is 0.0509. The molecule has 2 aromatic carbocycles. The first-order valence-electron chi connectivity index (χ1n) is 7.79. The monoisotopic (exact) mass is 327 g/mol. The Kier molecular flexibility index (Phi) is 5.95. The summed E-state index contributed by atoms with van der Waals surface area (Å²) in [4.78, 5) is 23.3. The molecule has 1 amide bonds. The zero-order chi connectivity index (χ0) is 17.5. The Morgan fingerprint density at radius 2 is 1.71 bits per heavy atom. The van der Waals surface area contributed by atoms with Crippen LogP contribution < -0.4 is 10.1 Å². The molecule has 0 aromatic heterocycles. The lowest BCUT2D eigenvalue weighted by Gasteiger charge is -2.16. The molecule has 24 heavy (non-hydrogen) atoms. The number of nitrogens with one attached hydrogen (secondary N) is 1. The van der Waals surface area contributed by atoms with Crippen molar-refractivity contribution in [2.45, 2.75) is 25.8 Å². The lowest BCUT2D eigenvalue weighted by Crippen LogP contribution is -2.28. The number of hydrogen-bond donors (Lipinski definition) is 2. The van der Waals surface area contributed by atoms with Crippen molar-refractivity contribution in [3.05, 3.63) is 65.2 Å². The van der Waals surface area contributed by atoms with E-state index < -0.39 is 5.97 Å². The molecule has 5 heteroatoms. The van der Waals surface area contributed by atoms with E-state index in [1.165, 1.54) is 12.1 Å². The van der Waals surface area contributed by atoms with E-state index in [9.17, 15) is 9.59 Å². The SMILES string of the molecule is CCC(C(=O)NCc1ccc(C(=O)O)cc1)c1ccc(OC)cc1. The molecule has 0 saturated heterocycles. The maximum Gasteiger partial charge on any atom is 0.335 e. The molecule has 2 N–H and O–H groups in total. The third kappa shape index (κ3) is 4.35. The Bertz CT molecular complexity index is 692. The van der Waals surface area contributed by atoms with Crippen molar-refractivity contribution in [3.8, 4) is 5.75 Å². The van der Waals surface area contributed by atoms with Gasteiger partial charge in [0.25, 0.3) is 0 Å². The van der Waals surface area contributed by atoms with Gasteiger partial charge in [0.05, 0.1) is 18.6 Å². The number of aromatic carboxylic acids is 1. The number of carbonyl (C=O) groups is 2.